The zero-order valence-electron chi connectivity index (χ0n) is 16.6. The molecule has 0 saturated heterocycles. The van der Waals surface area contributed by atoms with Crippen LogP contribution in [-0.2, 0) is 10.0 Å². The van der Waals surface area contributed by atoms with E-state index in [1.165, 1.54) is 26.4 Å². The van der Waals surface area contributed by atoms with E-state index in [-0.39, 0.29) is 10.8 Å². The van der Waals surface area contributed by atoms with Crippen LogP contribution in [-0.4, -0.2) is 22.6 Å². The maximum atomic E-state index is 13.1. The highest BCUT2D eigenvalue weighted by atomic mass is 35.5. The van der Waals surface area contributed by atoms with E-state index in [0.29, 0.717) is 32.8 Å². The number of nitrogens with one attached hydrogen (secondary N) is 1. The Bertz CT molecular complexity index is 1170. The third-order valence-electron chi connectivity index (χ3n) is 4.76. The molecule has 0 aliphatic heterocycles. The zero-order valence-corrected chi connectivity index (χ0v) is 19.0. The number of hydrogen-bond acceptors (Lipinski definition) is 4. The summed E-state index contributed by atoms with van der Waals surface area (Å²) in [6.45, 7) is 1.95. The van der Waals surface area contributed by atoms with Crippen molar-refractivity contribution in [2.45, 2.75) is 17.7 Å². The van der Waals surface area contributed by atoms with Crippen molar-refractivity contribution >= 4 is 38.9 Å². The first-order valence-electron chi connectivity index (χ1n) is 9.05. The maximum absolute atomic E-state index is 13.1. The molecule has 0 heterocycles. The standard InChI is InChI=1S/C22H21Cl2NO4S/c1-14(17-6-4-5-7-19(17)24)18-12-15(23)8-10-20(18)25-30(26,27)16-9-11-21(28-2)22(13-16)29-3/h4-14,25H,1-3H3. The summed E-state index contributed by atoms with van der Waals surface area (Å²) < 4.78 is 39.2. The van der Waals surface area contributed by atoms with Crippen LogP contribution in [0.3, 0.4) is 0 Å². The Hall–Kier alpha value is -2.41. The average molecular weight is 466 g/mol. The molecule has 3 aromatic carbocycles. The van der Waals surface area contributed by atoms with Crippen LogP contribution in [0.5, 0.6) is 11.5 Å². The van der Waals surface area contributed by atoms with Crippen molar-refractivity contribution in [2.24, 2.45) is 0 Å². The van der Waals surface area contributed by atoms with Gasteiger partial charge in [0.15, 0.2) is 11.5 Å². The molecule has 1 N–H and O–H groups in total. The monoisotopic (exact) mass is 465 g/mol. The molecule has 0 aliphatic rings. The van der Waals surface area contributed by atoms with Crippen molar-refractivity contribution in [3.05, 3.63) is 81.8 Å². The molecular weight excluding hydrogens is 445 g/mol. The van der Waals surface area contributed by atoms with Crippen LogP contribution in [0.4, 0.5) is 5.69 Å². The minimum Gasteiger partial charge on any atom is -0.493 e. The van der Waals surface area contributed by atoms with Crippen molar-refractivity contribution in [2.75, 3.05) is 18.9 Å². The molecule has 0 spiro atoms. The van der Waals surface area contributed by atoms with Gasteiger partial charge in [-0.2, -0.15) is 0 Å². The molecule has 8 heteroatoms. The van der Waals surface area contributed by atoms with E-state index in [9.17, 15) is 8.42 Å². The fraction of sp³-hybridized carbons (Fsp3) is 0.182. The number of ether oxygens (including phenoxy) is 2. The Kier molecular flexibility index (Phi) is 6.81. The van der Waals surface area contributed by atoms with Crippen molar-refractivity contribution < 1.29 is 17.9 Å². The van der Waals surface area contributed by atoms with Crippen LogP contribution >= 0.6 is 23.2 Å². The first-order valence-corrected chi connectivity index (χ1v) is 11.3. The number of sulfonamides is 1. The van der Waals surface area contributed by atoms with Crippen LogP contribution in [0.1, 0.15) is 24.0 Å². The summed E-state index contributed by atoms with van der Waals surface area (Å²) in [6, 6.07) is 16.9. The van der Waals surface area contributed by atoms with Gasteiger partial charge in [0.05, 0.1) is 24.8 Å². The van der Waals surface area contributed by atoms with Gasteiger partial charge in [0.25, 0.3) is 10.0 Å². The van der Waals surface area contributed by atoms with Crippen molar-refractivity contribution in [1.29, 1.82) is 0 Å². The third kappa shape index (κ3) is 4.67. The summed E-state index contributed by atoms with van der Waals surface area (Å²) in [5.74, 6) is 0.567. The zero-order chi connectivity index (χ0) is 21.9. The lowest BCUT2D eigenvalue weighted by atomic mass is 9.92. The fourth-order valence-electron chi connectivity index (χ4n) is 3.17. The quantitative estimate of drug-likeness (QED) is 0.467. The number of anilines is 1. The summed E-state index contributed by atoms with van der Waals surface area (Å²) in [4.78, 5) is 0.0476. The van der Waals surface area contributed by atoms with Gasteiger partial charge in [-0.1, -0.05) is 48.3 Å². The molecule has 158 valence electrons. The molecule has 0 bridgehead atoms. The molecule has 1 atom stereocenters. The van der Waals surface area contributed by atoms with E-state index in [1.807, 2.05) is 25.1 Å². The number of rotatable bonds is 7. The molecule has 0 fully saturated rings. The van der Waals surface area contributed by atoms with Crippen LogP contribution in [0.15, 0.2) is 65.6 Å². The third-order valence-corrected chi connectivity index (χ3v) is 6.70. The molecule has 0 aliphatic carbocycles. The van der Waals surface area contributed by atoms with Crippen molar-refractivity contribution in [3.8, 4) is 11.5 Å². The largest absolute Gasteiger partial charge is 0.493 e. The maximum Gasteiger partial charge on any atom is 0.262 e. The van der Waals surface area contributed by atoms with E-state index in [2.05, 4.69) is 4.72 Å². The topological polar surface area (TPSA) is 64.6 Å². The van der Waals surface area contributed by atoms with E-state index in [4.69, 9.17) is 32.7 Å². The van der Waals surface area contributed by atoms with Gasteiger partial charge in [-0.15, -0.1) is 0 Å². The summed E-state index contributed by atoms with van der Waals surface area (Å²) in [5.41, 5.74) is 1.99. The second-order valence-corrected chi connectivity index (χ2v) is 9.12. The summed E-state index contributed by atoms with van der Waals surface area (Å²) in [5, 5.41) is 1.09. The Morgan fingerprint density at radius 2 is 1.57 bits per heavy atom. The van der Waals surface area contributed by atoms with Gasteiger partial charge in [-0.3, -0.25) is 4.72 Å². The Balaban J connectivity index is 2.02. The first kappa shape index (κ1) is 22.3. The molecule has 0 saturated carbocycles. The molecule has 0 amide bonds. The number of hydrogen-bond donors (Lipinski definition) is 1. The first-order chi connectivity index (χ1) is 14.3. The summed E-state index contributed by atoms with van der Waals surface area (Å²) >= 11 is 12.6. The molecule has 1 unspecified atom stereocenters. The second-order valence-electron chi connectivity index (χ2n) is 6.60. The van der Waals surface area contributed by atoms with Gasteiger partial charge in [-0.25, -0.2) is 8.42 Å². The van der Waals surface area contributed by atoms with Gasteiger partial charge in [0.2, 0.25) is 0 Å². The molecule has 30 heavy (non-hydrogen) atoms. The number of methoxy groups -OCH3 is 2. The predicted molar refractivity (Wildman–Crippen MR) is 121 cm³/mol. The van der Waals surface area contributed by atoms with Crippen LogP contribution in [0, 0.1) is 0 Å². The van der Waals surface area contributed by atoms with E-state index in [1.54, 1.807) is 30.3 Å². The lowest BCUT2D eigenvalue weighted by Gasteiger charge is -2.20. The minimum atomic E-state index is -3.89. The lowest BCUT2D eigenvalue weighted by Crippen LogP contribution is -2.15. The van der Waals surface area contributed by atoms with Gasteiger partial charge < -0.3 is 9.47 Å². The van der Waals surface area contributed by atoms with Crippen LogP contribution in [0.25, 0.3) is 0 Å². The molecule has 0 radical (unpaired) electrons. The number of benzene rings is 3. The minimum absolute atomic E-state index is 0.0476. The van der Waals surface area contributed by atoms with Crippen molar-refractivity contribution in [1.82, 2.24) is 0 Å². The highest BCUT2D eigenvalue weighted by Crippen LogP contribution is 2.37. The highest BCUT2D eigenvalue weighted by Gasteiger charge is 2.22. The van der Waals surface area contributed by atoms with E-state index >= 15 is 0 Å². The SMILES string of the molecule is COc1ccc(S(=O)(=O)Nc2ccc(Cl)cc2C(C)c2ccccc2Cl)cc1OC. The fourth-order valence-corrected chi connectivity index (χ4v) is 4.75. The molecule has 3 aromatic rings. The lowest BCUT2D eigenvalue weighted by molar-refractivity contribution is 0.354. The molecular formula is C22H21Cl2NO4S. The van der Waals surface area contributed by atoms with Gasteiger partial charge >= 0.3 is 0 Å². The highest BCUT2D eigenvalue weighted by molar-refractivity contribution is 7.92. The van der Waals surface area contributed by atoms with Crippen LogP contribution in [0.2, 0.25) is 10.0 Å². The van der Waals surface area contributed by atoms with E-state index < -0.39 is 10.0 Å². The predicted octanol–water partition coefficient (Wildman–Crippen LogP) is 5.96. The molecule has 0 aromatic heterocycles. The summed E-state index contributed by atoms with van der Waals surface area (Å²) in [6.07, 6.45) is 0. The summed E-state index contributed by atoms with van der Waals surface area (Å²) in [7, 11) is -0.959. The Labute approximate surface area is 186 Å². The second kappa shape index (κ2) is 9.16. The normalized spacial score (nSPS) is 12.3. The van der Waals surface area contributed by atoms with E-state index in [0.717, 1.165) is 5.56 Å². The molecule has 5 nitrogen and oxygen atoms in total. The Morgan fingerprint density at radius 3 is 2.23 bits per heavy atom. The van der Waals surface area contributed by atoms with Crippen molar-refractivity contribution in [3.63, 3.8) is 0 Å². The average Bonchev–Trinajstić information content (AvgIpc) is 2.74. The van der Waals surface area contributed by atoms with Crippen LogP contribution < -0.4 is 14.2 Å². The molecule has 3 rings (SSSR count). The Morgan fingerprint density at radius 1 is 0.867 bits per heavy atom. The smallest absolute Gasteiger partial charge is 0.262 e. The van der Waals surface area contributed by atoms with Gasteiger partial charge in [0.1, 0.15) is 0 Å². The number of halogens is 2. The van der Waals surface area contributed by atoms with Gasteiger partial charge in [-0.05, 0) is 47.5 Å². The van der Waals surface area contributed by atoms with Gasteiger partial charge in [0, 0.05) is 22.0 Å².